The number of hydrogen-bond acceptors (Lipinski definition) is 2. The van der Waals surface area contributed by atoms with Gasteiger partial charge in [0, 0.05) is 15.6 Å². The third-order valence-corrected chi connectivity index (χ3v) is 4.52. The molecule has 0 radical (unpaired) electrons. The number of rotatable bonds is 2. The lowest BCUT2D eigenvalue weighted by Gasteiger charge is -2.03. The van der Waals surface area contributed by atoms with Crippen molar-refractivity contribution in [1.29, 1.82) is 0 Å². The Balaban J connectivity index is 2.38. The lowest BCUT2D eigenvalue weighted by molar-refractivity contribution is 0.678. The van der Waals surface area contributed by atoms with Crippen LogP contribution < -0.4 is 0 Å². The fraction of sp³-hybridized carbons (Fsp3) is 0.400. The molecule has 1 atom stereocenters. The topological polar surface area (TPSA) is 29.4 Å². The first-order valence-corrected chi connectivity index (χ1v) is 7.26. The standard InChI is InChI=1S/C10H12BrNOS/c1-14(13,12-9-4-5-9)10-6-2-8(11)3-7-10/h2-3,6-7,9H,4-5H2,1H3. The van der Waals surface area contributed by atoms with Crippen molar-refractivity contribution in [3.8, 4) is 0 Å². The molecule has 0 N–H and O–H groups in total. The fourth-order valence-electron chi connectivity index (χ4n) is 1.21. The first-order chi connectivity index (χ1) is 6.58. The van der Waals surface area contributed by atoms with E-state index in [9.17, 15) is 4.21 Å². The summed E-state index contributed by atoms with van der Waals surface area (Å²) in [6.45, 7) is 0. The van der Waals surface area contributed by atoms with Crippen LogP contribution in [0.1, 0.15) is 12.8 Å². The summed E-state index contributed by atoms with van der Waals surface area (Å²) in [5.74, 6) is 0. The first-order valence-electron chi connectivity index (χ1n) is 4.55. The molecule has 0 aliphatic heterocycles. The molecule has 0 aromatic heterocycles. The van der Waals surface area contributed by atoms with Crippen LogP contribution in [0.25, 0.3) is 0 Å². The molecule has 0 spiro atoms. The second-order valence-corrected chi connectivity index (χ2v) is 6.80. The zero-order valence-corrected chi connectivity index (χ0v) is 10.3. The maximum Gasteiger partial charge on any atom is 0.0725 e. The van der Waals surface area contributed by atoms with Crippen molar-refractivity contribution in [2.45, 2.75) is 23.8 Å². The molecular formula is C10H12BrNOS. The largest absolute Gasteiger partial charge is 0.245 e. The molecule has 2 rings (SSSR count). The van der Waals surface area contributed by atoms with Gasteiger partial charge in [-0.1, -0.05) is 15.9 Å². The van der Waals surface area contributed by atoms with E-state index in [1.54, 1.807) is 6.26 Å². The quantitative estimate of drug-likeness (QED) is 0.815. The minimum absolute atomic E-state index is 0.344. The van der Waals surface area contributed by atoms with Crippen molar-refractivity contribution in [1.82, 2.24) is 0 Å². The van der Waals surface area contributed by atoms with Crippen LogP contribution in [0.15, 0.2) is 38.0 Å². The molecule has 1 fully saturated rings. The van der Waals surface area contributed by atoms with E-state index in [2.05, 4.69) is 20.3 Å². The molecule has 1 aromatic rings. The third-order valence-electron chi connectivity index (χ3n) is 2.15. The van der Waals surface area contributed by atoms with Crippen LogP contribution in [0, 0.1) is 0 Å². The van der Waals surface area contributed by atoms with Gasteiger partial charge in [0.15, 0.2) is 0 Å². The lowest BCUT2D eigenvalue weighted by atomic mass is 10.4. The van der Waals surface area contributed by atoms with Crippen LogP contribution in [0.3, 0.4) is 0 Å². The highest BCUT2D eigenvalue weighted by Gasteiger charge is 2.22. The summed E-state index contributed by atoms with van der Waals surface area (Å²) in [6, 6.07) is 7.90. The molecule has 1 aliphatic carbocycles. The van der Waals surface area contributed by atoms with Gasteiger partial charge in [0.1, 0.15) is 0 Å². The van der Waals surface area contributed by atoms with Gasteiger partial charge in [0.05, 0.1) is 15.8 Å². The molecular weight excluding hydrogens is 262 g/mol. The van der Waals surface area contributed by atoms with E-state index in [1.165, 1.54) is 0 Å². The molecule has 0 saturated heterocycles. The van der Waals surface area contributed by atoms with E-state index in [0.29, 0.717) is 6.04 Å². The normalized spacial score (nSPS) is 20.1. The Labute approximate surface area is 93.0 Å². The molecule has 1 aliphatic rings. The highest BCUT2D eigenvalue weighted by atomic mass is 79.9. The van der Waals surface area contributed by atoms with E-state index >= 15 is 0 Å². The van der Waals surface area contributed by atoms with Crippen molar-refractivity contribution >= 4 is 25.7 Å². The average Bonchev–Trinajstić information content (AvgIpc) is 2.88. The third kappa shape index (κ3) is 2.36. The van der Waals surface area contributed by atoms with Crippen molar-refractivity contribution in [3.63, 3.8) is 0 Å². The number of nitrogens with zero attached hydrogens (tertiary/aromatic N) is 1. The first kappa shape index (κ1) is 10.2. The Kier molecular flexibility index (Phi) is 2.66. The summed E-state index contributed by atoms with van der Waals surface area (Å²) in [5, 5.41) is 0. The van der Waals surface area contributed by atoms with Gasteiger partial charge in [0.25, 0.3) is 0 Å². The van der Waals surface area contributed by atoms with E-state index < -0.39 is 9.73 Å². The maximum atomic E-state index is 12.2. The van der Waals surface area contributed by atoms with Gasteiger partial charge in [-0.25, -0.2) is 8.57 Å². The number of benzene rings is 1. The van der Waals surface area contributed by atoms with Crippen LogP contribution in [-0.4, -0.2) is 16.5 Å². The molecule has 0 heterocycles. The van der Waals surface area contributed by atoms with Gasteiger partial charge >= 0.3 is 0 Å². The summed E-state index contributed by atoms with van der Waals surface area (Å²) in [6.07, 6.45) is 3.91. The Morgan fingerprint density at radius 3 is 2.43 bits per heavy atom. The molecule has 76 valence electrons. The monoisotopic (exact) mass is 273 g/mol. The van der Waals surface area contributed by atoms with Crippen LogP contribution in [0.4, 0.5) is 0 Å². The number of halogens is 1. The van der Waals surface area contributed by atoms with Gasteiger partial charge in [-0.05, 0) is 37.1 Å². The Morgan fingerprint density at radius 1 is 1.36 bits per heavy atom. The predicted molar refractivity (Wildman–Crippen MR) is 61.9 cm³/mol. The van der Waals surface area contributed by atoms with E-state index in [1.807, 2.05) is 24.3 Å². The Morgan fingerprint density at radius 2 is 1.93 bits per heavy atom. The highest BCUT2D eigenvalue weighted by Crippen LogP contribution is 2.27. The minimum Gasteiger partial charge on any atom is -0.245 e. The van der Waals surface area contributed by atoms with Gasteiger partial charge in [0.2, 0.25) is 0 Å². The smallest absolute Gasteiger partial charge is 0.0725 e. The molecule has 2 nitrogen and oxygen atoms in total. The summed E-state index contributed by atoms with van der Waals surface area (Å²) < 4.78 is 17.5. The minimum atomic E-state index is -2.16. The second-order valence-electron chi connectivity index (χ2n) is 3.59. The maximum absolute atomic E-state index is 12.2. The van der Waals surface area contributed by atoms with Crippen molar-refractivity contribution < 1.29 is 4.21 Å². The predicted octanol–water partition coefficient (Wildman–Crippen LogP) is 3.07. The van der Waals surface area contributed by atoms with Crippen molar-refractivity contribution in [2.75, 3.05) is 6.26 Å². The van der Waals surface area contributed by atoms with E-state index in [0.717, 1.165) is 22.2 Å². The summed E-state index contributed by atoms with van der Waals surface area (Å²) in [7, 11) is -2.16. The van der Waals surface area contributed by atoms with Crippen molar-refractivity contribution in [3.05, 3.63) is 28.7 Å². The number of hydrogen-bond donors (Lipinski definition) is 0. The van der Waals surface area contributed by atoms with Crippen LogP contribution >= 0.6 is 15.9 Å². The Bertz CT molecular complexity index is 442. The van der Waals surface area contributed by atoms with Gasteiger partial charge in [-0.2, -0.15) is 0 Å². The summed E-state index contributed by atoms with van der Waals surface area (Å²) in [5.41, 5.74) is 0. The zero-order chi connectivity index (χ0) is 10.2. The van der Waals surface area contributed by atoms with Crippen LogP contribution in [0.5, 0.6) is 0 Å². The average molecular weight is 274 g/mol. The molecule has 14 heavy (non-hydrogen) atoms. The zero-order valence-electron chi connectivity index (χ0n) is 7.94. The lowest BCUT2D eigenvalue weighted by Crippen LogP contribution is -1.98. The SMILES string of the molecule is CS(=O)(=NC1CC1)c1ccc(Br)cc1. The highest BCUT2D eigenvalue weighted by molar-refractivity contribution is 9.10. The summed E-state index contributed by atoms with van der Waals surface area (Å²) in [4.78, 5) is 0.826. The van der Waals surface area contributed by atoms with E-state index in [-0.39, 0.29) is 0 Å². The van der Waals surface area contributed by atoms with E-state index in [4.69, 9.17) is 0 Å². The van der Waals surface area contributed by atoms with Gasteiger partial charge < -0.3 is 0 Å². The molecule has 4 heteroatoms. The van der Waals surface area contributed by atoms with Gasteiger partial charge in [-0.15, -0.1) is 0 Å². The molecule has 1 saturated carbocycles. The van der Waals surface area contributed by atoms with Crippen LogP contribution in [-0.2, 0) is 9.73 Å². The molecule has 0 bridgehead atoms. The molecule has 0 amide bonds. The van der Waals surface area contributed by atoms with Gasteiger partial charge in [-0.3, -0.25) is 0 Å². The molecule has 1 unspecified atom stereocenters. The summed E-state index contributed by atoms with van der Waals surface area (Å²) >= 11 is 3.35. The second kappa shape index (κ2) is 3.66. The fourth-order valence-corrected chi connectivity index (χ4v) is 3.02. The Hall–Kier alpha value is -0.350. The van der Waals surface area contributed by atoms with Crippen molar-refractivity contribution in [2.24, 2.45) is 4.36 Å². The van der Waals surface area contributed by atoms with Crippen LogP contribution in [0.2, 0.25) is 0 Å². The molecule has 1 aromatic carbocycles.